The molecule has 3 nitrogen and oxygen atoms in total. The van der Waals surface area contributed by atoms with Crippen LogP contribution >= 0.6 is 11.6 Å². The van der Waals surface area contributed by atoms with Gasteiger partial charge in [-0.2, -0.15) is 0 Å². The van der Waals surface area contributed by atoms with Gasteiger partial charge in [0, 0.05) is 36.6 Å². The average Bonchev–Trinajstić information content (AvgIpc) is 2.38. The van der Waals surface area contributed by atoms with Crippen LogP contribution in [0.1, 0.15) is 18.4 Å². The van der Waals surface area contributed by atoms with Crippen molar-refractivity contribution in [2.45, 2.75) is 25.7 Å². The lowest BCUT2D eigenvalue weighted by Gasteiger charge is -2.31. The van der Waals surface area contributed by atoms with Gasteiger partial charge in [0.25, 0.3) is 5.92 Å². The topological polar surface area (TPSA) is 32.3 Å². The Hall–Kier alpha value is -1.20. The lowest BCUT2D eigenvalue weighted by molar-refractivity contribution is -0.119. The second kappa shape index (κ2) is 6.06. The largest absolute Gasteiger partial charge is 0.325 e. The van der Waals surface area contributed by atoms with Crippen molar-refractivity contribution in [2.75, 3.05) is 25.0 Å². The third-order valence-corrected chi connectivity index (χ3v) is 3.91. The van der Waals surface area contributed by atoms with Crippen molar-refractivity contribution in [3.63, 3.8) is 0 Å². The number of alkyl halides is 2. The molecule has 0 aromatic heterocycles. The van der Waals surface area contributed by atoms with E-state index in [4.69, 9.17) is 11.6 Å². The highest BCUT2D eigenvalue weighted by atomic mass is 35.5. The maximum atomic E-state index is 13.0. The van der Waals surface area contributed by atoms with Gasteiger partial charge in [-0.15, -0.1) is 0 Å². The van der Waals surface area contributed by atoms with Gasteiger partial charge in [-0.1, -0.05) is 17.7 Å². The summed E-state index contributed by atoms with van der Waals surface area (Å²) in [5.74, 6) is -2.79. The summed E-state index contributed by atoms with van der Waals surface area (Å²) >= 11 is 5.98. The number of piperidine rings is 1. The maximum Gasteiger partial charge on any atom is 0.250 e. The molecule has 6 heteroatoms. The van der Waals surface area contributed by atoms with E-state index >= 15 is 0 Å². The molecule has 1 aromatic carbocycles. The van der Waals surface area contributed by atoms with E-state index in [1.807, 2.05) is 6.92 Å². The zero-order valence-electron chi connectivity index (χ0n) is 11.3. The number of rotatable bonds is 3. The van der Waals surface area contributed by atoms with E-state index in [2.05, 4.69) is 5.32 Å². The van der Waals surface area contributed by atoms with E-state index in [0.29, 0.717) is 10.7 Å². The van der Waals surface area contributed by atoms with Crippen molar-refractivity contribution in [1.29, 1.82) is 0 Å². The number of hydrogen-bond acceptors (Lipinski definition) is 2. The number of halogens is 3. The molecule has 110 valence electrons. The summed E-state index contributed by atoms with van der Waals surface area (Å²) < 4.78 is 26.0. The first kappa shape index (κ1) is 15.2. The number of amides is 1. The fourth-order valence-corrected chi connectivity index (χ4v) is 2.35. The summed E-state index contributed by atoms with van der Waals surface area (Å²) in [5.41, 5.74) is 1.46. The molecule has 2 rings (SSSR count). The normalized spacial score (nSPS) is 18.8. The van der Waals surface area contributed by atoms with Crippen LogP contribution in [0, 0.1) is 6.92 Å². The second-order valence-corrected chi connectivity index (χ2v) is 5.50. The second-order valence-electron chi connectivity index (χ2n) is 5.09. The SMILES string of the molecule is Cc1c(Cl)cccc1NC(=O)CN1CCC(F)(F)CC1. The van der Waals surface area contributed by atoms with E-state index in [0.717, 1.165) is 5.56 Å². The Morgan fingerprint density at radius 1 is 1.40 bits per heavy atom. The van der Waals surface area contributed by atoms with Gasteiger partial charge in [0.15, 0.2) is 0 Å². The molecule has 1 saturated heterocycles. The predicted molar refractivity (Wildman–Crippen MR) is 75.4 cm³/mol. The molecule has 0 saturated carbocycles. The molecular formula is C14H17ClF2N2O. The van der Waals surface area contributed by atoms with Gasteiger partial charge < -0.3 is 5.32 Å². The minimum absolute atomic E-state index is 0.127. The minimum atomic E-state index is -2.59. The van der Waals surface area contributed by atoms with Crippen molar-refractivity contribution < 1.29 is 13.6 Å². The molecule has 1 aromatic rings. The highest BCUT2D eigenvalue weighted by Crippen LogP contribution is 2.27. The first-order valence-electron chi connectivity index (χ1n) is 6.52. The molecule has 20 heavy (non-hydrogen) atoms. The average molecular weight is 303 g/mol. The molecule has 1 aliphatic heterocycles. The number of carbonyl (C=O) groups excluding carboxylic acids is 1. The number of hydrogen-bond donors (Lipinski definition) is 1. The van der Waals surface area contributed by atoms with Crippen molar-refractivity contribution in [2.24, 2.45) is 0 Å². The Labute approximate surface area is 121 Å². The Bertz CT molecular complexity index is 498. The van der Waals surface area contributed by atoms with E-state index < -0.39 is 5.92 Å². The molecule has 0 radical (unpaired) electrons. The number of nitrogens with one attached hydrogen (secondary N) is 1. The standard InChI is InChI=1S/C14H17ClF2N2O/c1-10-11(15)3-2-4-12(10)18-13(20)9-19-7-5-14(16,17)6-8-19/h2-4H,5-9H2,1H3,(H,18,20). The van der Waals surface area contributed by atoms with Crippen molar-refractivity contribution in [1.82, 2.24) is 4.90 Å². The third kappa shape index (κ3) is 3.90. The number of nitrogens with zero attached hydrogens (tertiary/aromatic N) is 1. The van der Waals surface area contributed by atoms with Crippen LogP contribution in [-0.2, 0) is 4.79 Å². The molecule has 0 unspecified atom stereocenters. The number of carbonyl (C=O) groups is 1. The fourth-order valence-electron chi connectivity index (χ4n) is 2.17. The van der Waals surface area contributed by atoms with Crippen molar-refractivity contribution >= 4 is 23.2 Å². The monoisotopic (exact) mass is 302 g/mol. The Morgan fingerprint density at radius 3 is 2.70 bits per heavy atom. The number of benzene rings is 1. The zero-order valence-corrected chi connectivity index (χ0v) is 12.0. The van der Waals surface area contributed by atoms with Gasteiger partial charge in [0.1, 0.15) is 0 Å². The summed E-state index contributed by atoms with van der Waals surface area (Å²) in [4.78, 5) is 13.7. The van der Waals surface area contributed by atoms with E-state index in [1.165, 1.54) is 0 Å². The van der Waals surface area contributed by atoms with Crippen LogP contribution in [-0.4, -0.2) is 36.4 Å². The lowest BCUT2D eigenvalue weighted by atomic mass is 10.1. The first-order valence-corrected chi connectivity index (χ1v) is 6.90. The molecule has 1 fully saturated rings. The molecular weight excluding hydrogens is 286 g/mol. The van der Waals surface area contributed by atoms with Crippen LogP contribution in [0.3, 0.4) is 0 Å². The molecule has 1 heterocycles. The number of anilines is 1. The first-order chi connectivity index (χ1) is 9.37. The van der Waals surface area contributed by atoms with E-state index in [9.17, 15) is 13.6 Å². The van der Waals surface area contributed by atoms with Gasteiger partial charge in [0.05, 0.1) is 6.54 Å². The smallest absolute Gasteiger partial charge is 0.250 e. The third-order valence-electron chi connectivity index (χ3n) is 3.50. The molecule has 0 spiro atoms. The van der Waals surface area contributed by atoms with Crippen LogP contribution in [0.4, 0.5) is 14.5 Å². The Balaban J connectivity index is 1.89. The van der Waals surface area contributed by atoms with Crippen LogP contribution in [0.2, 0.25) is 5.02 Å². The summed E-state index contributed by atoms with van der Waals surface area (Å²) in [7, 11) is 0. The fraction of sp³-hybridized carbons (Fsp3) is 0.500. The lowest BCUT2D eigenvalue weighted by Crippen LogP contribution is -2.43. The predicted octanol–water partition coefficient (Wildman–Crippen LogP) is 3.32. The summed E-state index contributed by atoms with van der Waals surface area (Å²) in [5, 5.41) is 3.35. The Kier molecular flexibility index (Phi) is 4.60. The van der Waals surface area contributed by atoms with Gasteiger partial charge in [0.2, 0.25) is 5.91 Å². The van der Waals surface area contributed by atoms with Crippen LogP contribution in [0.15, 0.2) is 18.2 Å². The van der Waals surface area contributed by atoms with Gasteiger partial charge in [-0.3, -0.25) is 9.69 Å². The van der Waals surface area contributed by atoms with Gasteiger partial charge in [-0.25, -0.2) is 8.78 Å². The zero-order chi connectivity index (χ0) is 14.8. The maximum absolute atomic E-state index is 13.0. The van der Waals surface area contributed by atoms with Gasteiger partial charge in [-0.05, 0) is 24.6 Å². The molecule has 0 atom stereocenters. The molecule has 1 N–H and O–H groups in total. The van der Waals surface area contributed by atoms with E-state index in [-0.39, 0.29) is 38.4 Å². The highest BCUT2D eigenvalue weighted by molar-refractivity contribution is 6.31. The van der Waals surface area contributed by atoms with Crippen molar-refractivity contribution in [3.05, 3.63) is 28.8 Å². The van der Waals surface area contributed by atoms with Crippen LogP contribution < -0.4 is 5.32 Å². The molecule has 0 aliphatic carbocycles. The quantitative estimate of drug-likeness (QED) is 0.929. The van der Waals surface area contributed by atoms with Crippen LogP contribution in [0.5, 0.6) is 0 Å². The Morgan fingerprint density at radius 2 is 2.05 bits per heavy atom. The van der Waals surface area contributed by atoms with Crippen LogP contribution in [0.25, 0.3) is 0 Å². The molecule has 0 bridgehead atoms. The number of likely N-dealkylation sites (tertiary alicyclic amines) is 1. The summed E-state index contributed by atoms with van der Waals surface area (Å²) in [6, 6.07) is 5.27. The molecule has 1 amide bonds. The summed E-state index contributed by atoms with van der Waals surface area (Å²) in [6.07, 6.45) is -0.368. The van der Waals surface area contributed by atoms with Crippen molar-refractivity contribution in [3.8, 4) is 0 Å². The highest BCUT2D eigenvalue weighted by Gasteiger charge is 2.34. The minimum Gasteiger partial charge on any atom is -0.325 e. The van der Waals surface area contributed by atoms with E-state index in [1.54, 1.807) is 23.1 Å². The summed E-state index contributed by atoms with van der Waals surface area (Å²) in [6.45, 7) is 2.44. The van der Waals surface area contributed by atoms with Gasteiger partial charge >= 0.3 is 0 Å². The molecule has 1 aliphatic rings.